The van der Waals surface area contributed by atoms with E-state index >= 15 is 0 Å². The first-order chi connectivity index (χ1) is 11.5. The SMILES string of the molecule is C[Si](C)(C)OC(c1ccccc1)(c1cccc([N+](=O)[O-])c1)C(F)(F)F. The van der Waals surface area contributed by atoms with Crippen LogP contribution in [-0.4, -0.2) is 19.4 Å². The topological polar surface area (TPSA) is 52.4 Å². The lowest BCUT2D eigenvalue weighted by molar-refractivity contribution is -0.385. The summed E-state index contributed by atoms with van der Waals surface area (Å²) in [5.74, 6) is 0. The van der Waals surface area contributed by atoms with Crippen LogP contribution in [0.5, 0.6) is 0 Å². The molecule has 0 amide bonds. The average Bonchev–Trinajstić information content (AvgIpc) is 2.51. The molecule has 0 aromatic heterocycles. The third kappa shape index (κ3) is 3.90. The second kappa shape index (κ2) is 6.60. The Bertz CT molecular complexity index is 760. The van der Waals surface area contributed by atoms with Gasteiger partial charge in [-0.1, -0.05) is 42.5 Å². The Morgan fingerprint density at radius 2 is 1.52 bits per heavy atom. The summed E-state index contributed by atoms with van der Waals surface area (Å²) < 4.78 is 48.7. The molecule has 0 aliphatic heterocycles. The second-order valence-electron chi connectivity index (χ2n) is 6.57. The van der Waals surface area contributed by atoms with E-state index < -0.39 is 30.7 Å². The predicted octanol–water partition coefficient (Wildman–Crippen LogP) is 5.25. The first-order valence-corrected chi connectivity index (χ1v) is 11.0. The van der Waals surface area contributed by atoms with Gasteiger partial charge in [-0.25, -0.2) is 0 Å². The van der Waals surface area contributed by atoms with Gasteiger partial charge in [0.1, 0.15) is 0 Å². The molecule has 2 rings (SSSR count). The van der Waals surface area contributed by atoms with E-state index in [0.29, 0.717) is 0 Å². The highest BCUT2D eigenvalue weighted by Crippen LogP contribution is 2.49. The third-order valence-electron chi connectivity index (χ3n) is 3.50. The van der Waals surface area contributed by atoms with Crippen LogP contribution in [0.15, 0.2) is 54.6 Å². The average molecular weight is 369 g/mol. The normalized spacial score (nSPS) is 14.8. The van der Waals surface area contributed by atoms with Crippen molar-refractivity contribution in [3.05, 3.63) is 75.8 Å². The summed E-state index contributed by atoms with van der Waals surface area (Å²) in [5, 5.41) is 11.0. The maximum absolute atomic E-state index is 14.3. The van der Waals surface area contributed by atoms with Crippen LogP contribution in [0, 0.1) is 10.1 Å². The van der Waals surface area contributed by atoms with Crippen molar-refractivity contribution in [3.8, 4) is 0 Å². The van der Waals surface area contributed by atoms with Crippen molar-refractivity contribution in [1.82, 2.24) is 0 Å². The molecule has 0 saturated heterocycles. The third-order valence-corrected chi connectivity index (χ3v) is 4.42. The van der Waals surface area contributed by atoms with Crippen molar-refractivity contribution in [2.45, 2.75) is 31.4 Å². The van der Waals surface area contributed by atoms with Crippen LogP contribution < -0.4 is 0 Å². The van der Waals surface area contributed by atoms with E-state index in [-0.39, 0.29) is 11.1 Å². The molecule has 134 valence electrons. The Hall–Kier alpha value is -2.19. The Morgan fingerprint density at radius 1 is 0.960 bits per heavy atom. The number of nitro benzene ring substituents is 1. The Balaban J connectivity index is 2.83. The van der Waals surface area contributed by atoms with Crippen molar-refractivity contribution in [1.29, 1.82) is 0 Å². The highest BCUT2D eigenvalue weighted by Gasteiger charge is 2.60. The molecular weight excluding hydrogens is 351 g/mol. The number of hydrogen-bond acceptors (Lipinski definition) is 3. The Labute approximate surface area is 144 Å². The van der Waals surface area contributed by atoms with E-state index in [1.165, 1.54) is 36.4 Å². The molecule has 0 spiro atoms. The van der Waals surface area contributed by atoms with Crippen LogP contribution in [-0.2, 0) is 10.0 Å². The quantitative estimate of drug-likeness (QED) is 0.411. The van der Waals surface area contributed by atoms with Gasteiger partial charge in [-0.15, -0.1) is 0 Å². The van der Waals surface area contributed by atoms with Gasteiger partial charge in [-0.05, 0) is 25.2 Å². The van der Waals surface area contributed by atoms with Crippen LogP contribution in [0.3, 0.4) is 0 Å². The number of halogens is 3. The van der Waals surface area contributed by atoms with Gasteiger partial charge in [0.05, 0.1) is 4.92 Å². The van der Waals surface area contributed by atoms with Crippen molar-refractivity contribution < 1.29 is 22.5 Å². The predicted molar refractivity (Wildman–Crippen MR) is 90.8 cm³/mol. The lowest BCUT2D eigenvalue weighted by Gasteiger charge is -2.41. The maximum Gasteiger partial charge on any atom is 0.425 e. The number of nitrogens with zero attached hydrogens (tertiary/aromatic N) is 1. The van der Waals surface area contributed by atoms with Crippen LogP contribution >= 0.6 is 0 Å². The zero-order valence-corrected chi connectivity index (χ0v) is 15.0. The standard InChI is InChI=1S/C17H18F3NO3Si/c1-25(2,3)24-16(17(18,19)20,13-8-5-4-6-9-13)14-10-7-11-15(12-14)21(22)23/h4-12H,1-3H3. The van der Waals surface area contributed by atoms with Crippen LogP contribution in [0.2, 0.25) is 19.6 Å². The van der Waals surface area contributed by atoms with Gasteiger partial charge in [0.25, 0.3) is 5.69 Å². The maximum atomic E-state index is 14.3. The Kier molecular flexibility index (Phi) is 5.06. The molecule has 0 heterocycles. The van der Waals surface area contributed by atoms with Gasteiger partial charge in [-0.2, -0.15) is 13.2 Å². The van der Waals surface area contributed by atoms with Crippen LogP contribution in [0.1, 0.15) is 11.1 Å². The monoisotopic (exact) mass is 369 g/mol. The zero-order chi connectivity index (χ0) is 18.9. The largest absolute Gasteiger partial charge is 0.425 e. The molecule has 2 aromatic rings. The van der Waals surface area contributed by atoms with Crippen molar-refractivity contribution >= 4 is 14.0 Å². The van der Waals surface area contributed by atoms with Crippen LogP contribution in [0.4, 0.5) is 18.9 Å². The lowest BCUT2D eigenvalue weighted by Crippen LogP contribution is -2.51. The summed E-state index contributed by atoms with van der Waals surface area (Å²) in [6, 6.07) is 11.8. The first-order valence-electron chi connectivity index (χ1n) is 7.55. The minimum Gasteiger partial charge on any atom is -0.397 e. The molecule has 0 bridgehead atoms. The van der Waals surface area contributed by atoms with E-state index in [2.05, 4.69) is 0 Å². The van der Waals surface area contributed by atoms with Gasteiger partial charge in [0.15, 0.2) is 8.32 Å². The number of benzene rings is 2. The van der Waals surface area contributed by atoms with Gasteiger partial charge < -0.3 is 4.43 Å². The molecule has 0 radical (unpaired) electrons. The molecule has 2 aromatic carbocycles. The number of hydrogen-bond donors (Lipinski definition) is 0. The molecule has 1 atom stereocenters. The zero-order valence-electron chi connectivity index (χ0n) is 14.0. The molecule has 8 heteroatoms. The molecule has 1 unspecified atom stereocenters. The summed E-state index contributed by atoms with van der Waals surface area (Å²) >= 11 is 0. The highest BCUT2D eigenvalue weighted by atomic mass is 28.4. The van der Waals surface area contributed by atoms with Gasteiger partial charge in [-0.3, -0.25) is 10.1 Å². The van der Waals surface area contributed by atoms with E-state index in [9.17, 15) is 23.3 Å². The second-order valence-corrected chi connectivity index (χ2v) is 11.0. The molecule has 0 fully saturated rings. The summed E-state index contributed by atoms with van der Waals surface area (Å²) in [6.07, 6.45) is -4.80. The van der Waals surface area contributed by atoms with E-state index in [0.717, 1.165) is 12.1 Å². The van der Waals surface area contributed by atoms with Crippen molar-refractivity contribution in [3.63, 3.8) is 0 Å². The number of alkyl halides is 3. The number of rotatable bonds is 5. The van der Waals surface area contributed by atoms with Gasteiger partial charge in [0, 0.05) is 17.7 Å². The molecular formula is C17H18F3NO3Si. The highest BCUT2D eigenvalue weighted by molar-refractivity contribution is 6.69. The summed E-state index contributed by atoms with van der Waals surface area (Å²) in [4.78, 5) is 10.3. The van der Waals surface area contributed by atoms with E-state index in [1.54, 1.807) is 25.7 Å². The van der Waals surface area contributed by atoms with Crippen LogP contribution in [0.25, 0.3) is 0 Å². The summed E-state index contributed by atoms with van der Waals surface area (Å²) in [5.41, 5.74) is -3.58. The lowest BCUT2D eigenvalue weighted by atomic mass is 9.85. The molecule has 25 heavy (non-hydrogen) atoms. The first kappa shape index (κ1) is 19.1. The fourth-order valence-electron chi connectivity index (χ4n) is 2.64. The molecule has 4 nitrogen and oxygen atoms in total. The van der Waals surface area contributed by atoms with E-state index in [4.69, 9.17) is 4.43 Å². The van der Waals surface area contributed by atoms with Gasteiger partial charge in [0.2, 0.25) is 5.60 Å². The number of nitro groups is 1. The fraction of sp³-hybridized carbons (Fsp3) is 0.294. The fourth-order valence-corrected chi connectivity index (χ4v) is 3.91. The molecule has 0 aliphatic rings. The minimum atomic E-state index is -4.80. The van der Waals surface area contributed by atoms with Crippen molar-refractivity contribution in [2.24, 2.45) is 0 Å². The molecule has 0 aliphatic carbocycles. The molecule has 0 saturated carbocycles. The Morgan fingerprint density at radius 3 is 2.00 bits per heavy atom. The van der Waals surface area contributed by atoms with E-state index in [1.807, 2.05) is 0 Å². The summed E-state index contributed by atoms with van der Waals surface area (Å²) in [6.45, 7) is 4.94. The summed E-state index contributed by atoms with van der Waals surface area (Å²) in [7, 11) is -2.70. The molecule has 0 N–H and O–H groups in total. The smallest absolute Gasteiger partial charge is 0.397 e. The minimum absolute atomic E-state index is 0.106. The van der Waals surface area contributed by atoms with Gasteiger partial charge >= 0.3 is 6.18 Å². The van der Waals surface area contributed by atoms with Crippen molar-refractivity contribution in [2.75, 3.05) is 0 Å². The number of non-ortho nitro benzene ring substituents is 1.